The number of hydrogen-bond donors (Lipinski definition) is 2. The molecule has 39 heavy (non-hydrogen) atoms. The molecule has 3 saturated heterocycles. The van der Waals surface area contributed by atoms with Gasteiger partial charge in [-0.15, -0.1) is 0 Å². The second-order valence-electron chi connectivity index (χ2n) is 9.68. The molecule has 3 aliphatic heterocycles. The predicted molar refractivity (Wildman–Crippen MR) is 124 cm³/mol. The van der Waals surface area contributed by atoms with Gasteiger partial charge < -0.3 is 29.0 Å². The van der Waals surface area contributed by atoms with Crippen molar-refractivity contribution >= 4 is 11.9 Å². The summed E-state index contributed by atoms with van der Waals surface area (Å²) in [4.78, 5) is 22.9. The Balaban J connectivity index is 0.000000317. The van der Waals surface area contributed by atoms with E-state index in [-0.39, 0.29) is 0 Å². The van der Waals surface area contributed by atoms with E-state index in [2.05, 4.69) is 22.9 Å². The highest BCUT2D eigenvalue weighted by Gasteiger charge is 2.42. The molecule has 1 aromatic rings. The zero-order valence-corrected chi connectivity index (χ0v) is 21.4. The van der Waals surface area contributed by atoms with Crippen molar-refractivity contribution in [3.05, 3.63) is 24.2 Å². The zero-order chi connectivity index (χ0) is 29.2. The standard InChI is InChI=1S/C20H32N2O3.2C2HF3O2/c1-21(14-18-5-3-8-24-18)19-15-22(12-16-6-10-23-11-7-16)13-17-4-2-9-25-20(17)19;2*3-2(4,5)1(6)7/h3,5,8,16-17,19-20H,2,4,6-7,9-15H2,1H3;2*(H,6,7)/t17-,19+,20-;;/m0../s1. The van der Waals surface area contributed by atoms with Crippen LogP contribution in [0.15, 0.2) is 22.8 Å². The topological polar surface area (TPSA) is 113 Å². The largest absolute Gasteiger partial charge is 0.490 e. The van der Waals surface area contributed by atoms with Crippen molar-refractivity contribution in [2.75, 3.05) is 46.5 Å². The van der Waals surface area contributed by atoms with Gasteiger partial charge in [-0.2, -0.15) is 26.3 Å². The first-order valence-electron chi connectivity index (χ1n) is 12.4. The number of likely N-dealkylation sites (tertiary alicyclic amines) is 1. The lowest BCUT2D eigenvalue weighted by molar-refractivity contribution is -0.193. The highest BCUT2D eigenvalue weighted by Crippen LogP contribution is 2.32. The Kier molecular flexibility index (Phi) is 12.5. The molecular formula is C24H34F6N2O7. The molecule has 0 amide bonds. The van der Waals surface area contributed by atoms with E-state index < -0.39 is 24.3 Å². The molecule has 3 atom stereocenters. The van der Waals surface area contributed by atoms with Crippen molar-refractivity contribution in [3.8, 4) is 0 Å². The van der Waals surface area contributed by atoms with Crippen LogP contribution in [0.2, 0.25) is 0 Å². The second-order valence-corrected chi connectivity index (χ2v) is 9.68. The van der Waals surface area contributed by atoms with Crippen molar-refractivity contribution in [1.29, 1.82) is 0 Å². The molecule has 0 spiro atoms. The van der Waals surface area contributed by atoms with Crippen molar-refractivity contribution < 1.29 is 60.0 Å². The van der Waals surface area contributed by atoms with Gasteiger partial charge in [-0.25, -0.2) is 9.59 Å². The van der Waals surface area contributed by atoms with Crippen LogP contribution in [0, 0.1) is 11.8 Å². The number of ether oxygens (including phenoxy) is 2. The van der Waals surface area contributed by atoms with Crippen LogP contribution in [-0.2, 0) is 25.6 Å². The van der Waals surface area contributed by atoms with Gasteiger partial charge in [0.1, 0.15) is 5.76 Å². The minimum atomic E-state index is -5.08. The van der Waals surface area contributed by atoms with Crippen LogP contribution >= 0.6 is 0 Å². The van der Waals surface area contributed by atoms with Crippen LogP contribution in [0.3, 0.4) is 0 Å². The average Bonchev–Trinajstić information content (AvgIpc) is 3.37. The monoisotopic (exact) mass is 576 g/mol. The highest BCUT2D eigenvalue weighted by atomic mass is 19.4. The molecular weight excluding hydrogens is 542 g/mol. The first-order valence-corrected chi connectivity index (χ1v) is 12.4. The fraction of sp³-hybridized carbons (Fsp3) is 0.750. The molecule has 2 N–H and O–H groups in total. The number of carboxylic acids is 2. The number of halogens is 6. The van der Waals surface area contributed by atoms with Gasteiger partial charge in [0.25, 0.3) is 0 Å². The van der Waals surface area contributed by atoms with Gasteiger partial charge in [-0.3, -0.25) is 4.90 Å². The number of aliphatic carboxylic acids is 2. The lowest BCUT2D eigenvalue weighted by Crippen LogP contribution is -2.60. The molecule has 3 fully saturated rings. The Morgan fingerprint density at radius 1 is 1.00 bits per heavy atom. The third-order valence-electron chi connectivity index (χ3n) is 6.71. The minimum Gasteiger partial charge on any atom is -0.475 e. The summed E-state index contributed by atoms with van der Waals surface area (Å²) < 4.78 is 80.8. The number of carboxylic acid groups (broad SMARTS) is 2. The Labute approximate surface area is 221 Å². The summed E-state index contributed by atoms with van der Waals surface area (Å²) in [6.45, 7) is 7.19. The molecule has 1 aromatic heterocycles. The molecule has 224 valence electrons. The van der Waals surface area contributed by atoms with Gasteiger partial charge in [-0.05, 0) is 56.7 Å². The van der Waals surface area contributed by atoms with Gasteiger partial charge in [0.2, 0.25) is 0 Å². The number of furan rings is 1. The molecule has 0 aromatic carbocycles. The van der Waals surface area contributed by atoms with E-state index in [0.29, 0.717) is 18.1 Å². The average molecular weight is 577 g/mol. The SMILES string of the molecule is CN(Cc1ccco1)[C@@H]1CN(CC2CCOCC2)C[C@@H]2CCCO[C@@H]21.O=C(O)C(F)(F)F.O=C(O)C(F)(F)F. The first kappa shape index (κ1) is 32.8. The van der Waals surface area contributed by atoms with E-state index in [0.717, 1.165) is 44.6 Å². The number of alkyl halides is 6. The van der Waals surface area contributed by atoms with Crippen LogP contribution < -0.4 is 0 Å². The van der Waals surface area contributed by atoms with E-state index in [4.69, 9.17) is 33.7 Å². The molecule has 3 aliphatic rings. The third kappa shape index (κ3) is 11.3. The van der Waals surface area contributed by atoms with Crippen molar-refractivity contribution in [3.63, 3.8) is 0 Å². The fourth-order valence-electron chi connectivity index (χ4n) is 4.86. The lowest BCUT2D eigenvalue weighted by Gasteiger charge is -2.49. The van der Waals surface area contributed by atoms with E-state index in [1.54, 1.807) is 6.26 Å². The highest BCUT2D eigenvalue weighted by molar-refractivity contribution is 5.73. The second kappa shape index (κ2) is 14.9. The Bertz CT molecular complexity index is 849. The molecule has 9 nitrogen and oxygen atoms in total. The molecule has 4 heterocycles. The maximum atomic E-state index is 10.6. The first-order chi connectivity index (χ1) is 18.2. The predicted octanol–water partition coefficient (Wildman–Crippen LogP) is 3.88. The van der Waals surface area contributed by atoms with Crippen LogP contribution in [0.1, 0.15) is 31.4 Å². The Morgan fingerprint density at radius 3 is 2.10 bits per heavy atom. The summed E-state index contributed by atoms with van der Waals surface area (Å²) in [6, 6.07) is 4.49. The van der Waals surface area contributed by atoms with E-state index >= 15 is 0 Å². The minimum absolute atomic E-state index is 0.375. The molecule has 4 rings (SSSR count). The Morgan fingerprint density at radius 2 is 1.59 bits per heavy atom. The number of rotatable bonds is 5. The van der Waals surface area contributed by atoms with Crippen LogP contribution in [-0.4, -0.2) is 103 Å². The van der Waals surface area contributed by atoms with Gasteiger partial charge in [0, 0.05) is 45.5 Å². The van der Waals surface area contributed by atoms with E-state index in [1.165, 1.54) is 38.8 Å². The third-order valence-corrected chi connectivity index (χ3v) is 6.71. The number of piperidine rings is 1. The van der Waals surface area contributed by atoms with Crippen molar-refractivity contribution in [2.45, 2.75) is 56.7 Å². The van der Waals surface area contributed by atoms with Gasteiger partial charge in [-0.1, -0.05) is 0 Å². The van der Waals surface area contributed by atoms with E-state index in [9.17, 15) is 26.3 Å². The molecule has 0 bridgehead atoms. The number of hydrogen-bond acceptors (Lipinski definition) is 7. The van der Waals surface area contributed by atoms with Crippen molar-refractivity contribution in [1.82, 2.24) is 9.80 Å². The van der Waals surface area contributed by atoms with Crippen LogP contribution in [0.25, 0.3) is 0 Å². The molecule has 0 radical (unpaired) electrons. The quantitative estimate of drug-likeness (QED) is 0.505. The number of fused-ring (bicyclic) bond motifs is 1. The summed E-state index contributed by atoms with van der Waals surface area (Å²) in [5, 5.41) is 14.2. The maximum absolute atomic E-state index is 10.6. The van der Waals surface area contributed by atoms with Gasteiger partial charge in [0.05, 0.1) is 18.9 Å². The lowest BCUT2D eigenvalue weighted by atomic mass is 9.84. The summed E-state index contributed by atoms with van der Waals surface area (Å²) in [5.41, 5.74) is 0. The van der Waals surface area contributed by atoms with Crippen LogP contribution in [0.5, 0.6) is 0 Å². The fourth-order valence-corrected chi connectivity index (χ4v) is 4.86. The molecule has 0 unspecified atom stereocenters. The van der Waals surface area contributed by atoms with Crippen molar-refractivity contribution in [2.24, 2.45) is 11.8 Å². The van der Waals surface area contributed by atoms with Gasteiger partial charge in [0.15, 0.2) is 0 Å². The normalized spacial score (nSPS) is 24.6. The Hall–Kier alpha value is -2.36. The smallest absolute Gasteiger partial charge is 0.475 e. The summed E-state index contributed by atoms with van der Waals surface area (Å²) in [6.07, 6.45) is -3.08. The molecule has 15 heteroatoms. The number of nitrogens with zero attached hydrogens (tertiary/aromatic N) is 2. The number of likely N-dealkylation sites (N-methyl/N-ethyl adjacent to an activating group) is 1. The number of carbonyl (C=O) groups is 2. The molecule has 0 saturated carbocycles. The van der Waals surface area contributed by atoms with Crippen LogP contribution in [0.4, 0.5) is 26.3 Å². The molecule has 0 aliphatic carbocycles. The van der Waals surface area contributed by atoms with Gasteiger partial charge >= 0.3 is 24.3 Å². The summed E-state index contributed by atoms with van der Waals surface area (Å²) in [7, 11) is 2.22. The summed E-state index contributed by atoms with van der Waals surface area (Å²) in [5.74, 6) is -3.01. The summed E-state index contributed by atoms with van der Waals surface area (Å²) >= 11 is 0. The zero-order valence-electron chi connectivity index (χ0n) is 21.4. The van der Waals surface area contributed by atoms with E-state index in [1.807, 2.05) is 6.07 Å². The maximum Gasteiger partial charge on any atom is 0.490 e.